The number of hydrogen-bond acceptors (Lipinski definition) is 5. The molecule has 5 aromatic carbocycles. The maximum Gasteiger partial charge on any atom is 0.255 e. The first-order valence-electron chi connectivity index (χ1n) is 12.9. The van der Waals surface area contributed by atoms with Crippen molar-refractivity contribution in [2.45, 2.75) is 10.1 Å². The van der Waals surface area contributed by atoms with Crippen molar-refractivity contribution in [3.05, 3.63) is 126 Å². The molecule has 0 saturated carbocycles. The lowest BCUT2D eigenvalue weighted by Gasteiger charge is -2.20. The third-order valence-corrected chi connectivity index (χ3v) is 7.79. The quantitative estimate of drug-likeness (QED) is 0.209. The standard InChI is InChI=1S/C33H26N2O4S/c36-32(25-11-10-22-6-4-5-9-24(22)20-25)34-26-12-15-28(16-13-26)40-31(23-7-2-1-3-8-23)33(37)35-27-14-17-29-30(21-27)39-19-18-38-29/h1-17,20-21,31H,18-19H2,(H,34,36)(H,35,37). The van der Waals surface area contributed by atoms with Crippen molar-refractivity contribution >= 4 is 45.7 Å². The number of ether oxygens (including phenoxy) is 2. The SMILES string of the molecule is O=C(Nc1ccc(SC(C(=O)Nc2ccc3c(c2)OCCO3)c2ccccc2)cc1)c1ccc2ccccc2c1. The molecule has 1 aliphatic heterocycles. The van der Waals surface area contributed by atoms with Crippen molar-refractivity contribution in [2.24, 2.45) is 0 Å². The van der Waals surface area contributed by atoms with E-state index in [0.717, 1.165) is 21.2 Å². The smallest absolute Gasteiger partial charge is 0.255 e. The summed E-state index contributed by atoms with van der Waals surface area (Å²) in [5, 5.41) is 7.61. The van der Waals surface area contributed by atoms with Gasteiger partial charge in [0, 0.05) is 27.9 Å². The minimum absolute atomic E-state index is 0.151. The maximum absolute atomic E-state index is 13.5. The summed E-state index contributed by atoms with van der Waals surface area (Å²) >= 11 is 1.44. The molecule has 1 heterocycles. The first-order chi connectivity index (χ1) is 19.6. The van der Waals surface area contributed by atoms with Crippen LogP contribution in [0.15, 0.2) is 120 Å². The summed E-state index contributed by atoms with van der Waals surface area (Å²) in [5.74, 6) is 0.967. The van der Waals surface area contributed by atoms with E-state index < -0.39 is 5.25 Å². The van der Waals surface area contributed by atoms with Crippen LogP contribution in [0.5, 0.6) is 11.5 Å². The highest BCUT2D eigenvalue weighted by Crippen LogP contribution is 2.38. The summed E-state index contributed by atoms with van der Waals surface area (Å²) in [6.07, 6.45) is 0. The summed E-state index contributed by atoms with van der Waals surface area (Å²) in [7, 11) is 0. The highest BCUT2D eigenvalue weighted by atomic mass is 32.2. The van der Waals surface area contributed by atoms with Crippen molar-refractivity contribution in [2.75, 3.05) is 23.8 Å². The van der Waals surface area contributed by atoms with Crippen molar-refractivity contribution in [3.8, 4) is 11.5 Å². The van der Waals surface area contributed by atoms with Crippen LogP contribution in [-0.4, -0.2) is 25.0 Å². The fourth-order valence-electron chi connectivity index (χ4n) is 4.52. The predicted molar refractivity (Wildman–Crippen MR) is 159 cm³/mol. The van der Waals surface area contributed by atoms with Gasteiger partial charge in [0.15, 0.2) is 11.5 Å². The topological polar surface area (TPSA) is 76.7 Å². The van der Waals surface area contributed by atoms with Gasteiger partial charge in [0.2, 0.25) is 5.91 Å². The number of nitrogens with one attached hydrogen (secondary N) is 2. The van der Waals surface area contributed by atoms with E-state index >= 15 is 0 Å². The third kappa shape index (κ3) is 5.80. The first kappa shape index (κ1) is 25.5. The molecule has 0 aromatic heterocycles. The Morgan fingerprint density at radius 1 is 0.650 bits per heavy atom. The summed E-state index contributed by atoms with van der Waals surface area (Å²) < 4.78 is 11.2. The molecular formula is C33H26N2O4S. The normalized spacial score (nSPS) is 12.9. The van der Waals surface area contributed by atoms with Gasteiger partial charge < -0.3 is 20.1 Å². The van der Waals surface area contributed by atoms with Gasteiger partial charge in [-0.1, -0.05) is 60.7 Å². The molecule has 6 rings (SSSR count). The molecule has 5 aromatic rings. The van der Waals surface area contributed by atoms with Crippen molar-refractivity contribution in [1.29, 1.82) is 0 Å². The summed E-state index contributed by atoms with van der Waals surface area (Å²) in [6, 6.07) is 36.2. The van der Waals surface area contributed by atoms with Gasteiger partial charge in [-0.2, -0.15) is 0 Å². The molecule has 0 bridgehead atoms. The number of hydrogen-bond donors (Lipinski definition) is 2. The largest absolute Gasteiger partial charge is 0.486 e. The maximum atomic E-state index is 13.5. The highest BCUT2D eigenvalue weighted by Gasteiger charge is 2.23. The van der Waals surface area contributed by atoms with Gasteiger partial charge in [-0.3, -0.25) is 9.59 Å². The van der Waals surface area contributed by atoms with Gasteiger partial charge in [-0.15, -0.1) is 11.8 Å². The van der Waals surface area contributed by atoms with Gasteiger partial charge in [0.1, 0.15) is 18.5 Å². The van der Waals surface area contributed by atoms with Crippen LogP contribution in [0.3, 0.4) is 0 Å². The number of carbonyl (C=O) groups excluding carboxylic acids is 2. The van der Waals surface area contributed by atoms with Gasteiger partial charge in [0.05, 0.1) is 0 Å². The molecule has 40 heavy (non-hydrogen) atoms. The Morgan fingerprint density at radius 2 is 1.35 bits per heavy atom. The molecule has 0 spiro atoms. The lowest BCUT2D eigenvalue weighted by atomic mass is 10.1. The summed E-state index contributed by atoms with van der Waals surface area (Å²) in [4.78, 5) is 27.3. The zero-order valence-electron chi connectivity index (χ0n) is 21.5. The number of amides is 2. The van der Waals surface area contributed by atoms with Crippen LogP contribution in [0.25, 0.3) is 10.8 Å². The zero-order valence-corrected chi connectivity index (χ0v) is 22.3. The second-order valence-corrected chi connectivity index (χ2v) is 10.5. The van der Waals surface area contributed by atoms with Crippen molar-refractivity contribution < 1.29 is 19.1 Å². The molecule has 6 nitrogen and oxygen atoms in total. The molecule has 2 N–H and O–H groups in total. The lowest BCUT2D eigenvalue weighted by molar-refractivity contribution is -0.115. The molecule has 2 amide bonds. The zero-order chi connectivity index (χ0) is 27.3. The molecule has 1 unspecified atom stereocenters. The highest BCUT2D eigenvalue weighted by molar-refractivity contribution is 8.00. The molecular weight excluding hydrogens is 520 g/mol. The van der Waals surface area contributed by atoms with E-state index in [1.54, 1.807) is 12.1 Å². The van der Waals surface area contributed by atoms with Crippen molar-refractivity contribution in [3.63, 3.8) is 0 Å². The number of fused-ring (bicyclic) bond motifs is 2. The fourth-order valence-corrected chi connectivity index (χ4v) is 5.54. The molecule has 1 atom stereocenters. The van der Waals surface area contributed by atoms with Gasteiger partial charge >= 0.3 is 0 Å². The Kier molecular flexibility index (Phi) is 7.37. The van der Waals surface area contributed by atoms with E-state index in [-0.39, 0.29) is 11.8 Å². The van der Waals surface area contributed by atoms with Crippen LogP contribution in [0.1, 0.15) is 21.2 Å². The summed E-state index contributed by atoms with van der Waals surface area (Å²) in [5.41, 5.74) is 2.80. The Morgan fingerprint density at radius 3 is 2.15 bits per heavy atom. The average molecular weight is 547 g/mol. The Bertz CT molecular complexity index is 1670. The molecule has 0 fully saturated rings. The molecule has 0 radical (unpaired) electrons. The molecule has 0 aliphatic carbocycles. The van der Waals surface area contributed by atoms with Crippen LogP contribution >= 0.6 is 11.8 Å². The number of rotatable bonds is 7. The minimum atomic E-state index is -0.493. The van der Waals surface area contributed by atoms with E-state index in [9.17, 15) is 9.59 Å². The second-order valence-electron chi connectivity index (χ2n) is 9.30. The van der Waals surface area contributed by atoms with E-state index in [1.165, 1.54) is 11.8 Å². The number of anilines is 2. The fraction of sp³-hybridized carbons (Fsp3) is 0.0909. The molecule has 7 heteroatoms. The van der Waals surface area contributed by atoms with Crippen LogP contribution in [0.2, 0.25) is 0 Å². The average Bonchev–Trinajstić information content (AvgIpc) is 3.00. The van der Waals surface area contributed by atoms with Gasteiger partial charge in [0.25, 0.3) is 5.91 Å². The van der Waals surface area contributed by atoms with Crippen molar-refractivity contribution in [1.82, 2.24) is 0 Å². The molecule has 198 valence electrons. The summed E-state index contributed by atoms with van der Waals surface area (Å²) in [6.45, 7) is 0.989. The van der Waals surface area contributed by atoms with Crippen LogP contribution < -0.4 is 20.1 Å². The predicted octanol–water partition coefficient (Wildman–Crippen LogP) is 7.34. The number of thioether (sulfide) groups is 1. The van der Waals surface area contributed by atoms with Crippen LogP contribution in [0.4, 0.5) is 11.4 Å². The molecule has 1 aliphatic rings. The first-order valence-corrected chi connectivity index (χ1v) is 13.8. The van der Waals surface area contributed by atoms with Crippen LogP contribution in [-0.2, 0) is 4.79 Å². The van der Waals surface area contributed by atoms with E-state index in [4.69, 9.17) is 9.47 Å². The Hall–Kier alpha value is -4.75. The second kappa shape index (κ2) is 11.6. The van der Waals surface area contributed by atoms with E-state index in [2.05, 4.69) is 10.6 Å². The molecule has 0 saturated heterocycles. The minimum Gasteiger partial charge on any atom is -0.486 e. The van der Waals surface area contributed by atoms with Gasteiger partial charge in [-0.05, 0) is 64.9 Å². The Labute approximate surface area is 236 Å². The monoisotopic (exact) mass is 546 g/mol. The van der Waals surface area contributed by atoms with Crippen LogP contribution in [0, 0.1) is 0 Å². The van der Waals surface area contributed by atoms with Gasteiger partial charge in [-0.25, -0.2) is 0 Å². The van der Waals surface area contributed by atoms with E-state index in [1.807, 2.05) is 103 Å². The Balaban J connectivity index is 1.16. The third-order valence-electron chi connectivity index (χ3n) is 6.53. The number of carbonyl (C=O) groups is 2. The number of benzene rings is 5. The lowest BCUT2D eigenvalue weighted by Crippen LogP contribution is -2.20. The van der Waals surface area contributed by atoms with E-state index in [0.29, 0.717) is 41.7 Å².